The van der Waals surface area contributed by atoms with Crippen LogP contribution in [-0.4, -0.2) is 48.1 Å². The Morgan fingerprint density at radius 1 is 1.43 bits per heavy atom. The maximum Gasteiger partial charge on any atom is 0.274 e. The molecule has 2 atom stereocenters. The molecule has 1 aliphatic heterocycles. The Hall–Kier alpha value is -1.33. The van der Waals surface area contributed by atoms with Gasteiger partial charge in [-0.1, -0.05) is 24.4 Å². The van der Waals surface area contributed by atoms with Gasteiger partial charge in [-0.2, -0.15) is 0 Å². The molecule has 2 aliphatic rings. The van der Waals surface area contributed by atoms with E-state index in [2.05, 4.69) is 10.3 Å². The number of hydrogen-bond acceptors (Lipinski definition) is 4. The fraction of sp³-hybridized carbons (Fsp3) is 0.600. The first-order valence-corrected chi connectivity index (χ1v) is 7.85. The normalized spacial score (nSPS) is 25.3. The summed E-state index contributed by atoms with van der Waals surface area (Å²) in [5.41, 5.74) is 0.328. The van der Waals surface area contributed by atoms with Gasteiger partial charge in [0.25, 0.3) is 5.91 Å². The fourth-order valence-corrected chi connectivity index (χ4v) is 3.40. The third-order valence-corrected chi connectivity index (χ3v) is 4.60. The Morgan fingerprint density at radius 3 is 3.05 bits per heavy atom. The molecule has 5 nitrogen and oxygen atoms in total. The summed E-state index contributed by atoms with van der Waals surface area (Å²) in [6.07, 6.45) is 4.53. The zero-order valence-corrected chi connectivity index (χ0v) is 12.9. The molecule has 0 radical (unpaired) electrons. The average Bonchev–Trinajstić information content (AvgIpc) is 2.54. The fourth-order valence-electron chi connectivity index (χ4n) is 3.22. The van der Waals surface area contributed by atoms with Crippen molar-refractivity contribution in [2.24, 2.45) is 0 Å². The van der Waals surface area contributed by atoms with Gasteiger partial charge in [-0.3, -0.25) is 4.79 Å². The second-order valence-electron chi connectivity index (χ2n) is 5.54. The van der Waals surface area contributed by atoms with Crippen molar-refractivity contribution in [2.45, 2.75) is 37.8 Å². The molecule has 2 heterocycles. The third-order valence-electron chi connectivity index (χ3n) is 4.30. The van der Waals surface area contributed by atoms with Crippen LogP contribution in [0.4, 0.5) is 5.82 Å². The number of nitrogens with one attached hydrogen (secondary N) is 1. The van der Waals surface area contributed by atoms with Crippen LogP contribution in [-0.2, 0) is 4.74 Å². The predicted molar refractivity (Wildman–Crippen MR) is 81.8 cm³/mol. The number of rotatable bonds is 2. The van der Waals surface area contributed by atoms with E-state index in [9.17, 15) is 4.79 Å². The monoisotopic (exact) mass is 309 g/mol. The lowest BCUT2D eigenvalue weighted by Crippen LogP contribution is -2.55. The number of carbonyl (C=O) groups is 1. The molecule has 0 aromatic carbocycles. The summed E-state index contributed by atoms with van der Waals surface area (Å²) in [5.74, 6) is 0.563. The van der Waals surface area contributed by atoms with Gasteiger partial charge in [0.05, 0.1) is 23.8 Å². The number of ether oxygens (including phenoxy) is 1. The summed E-state index contributed by atoms with van der Waals surface area (Å²) in [6.45, 7) is 1.21. The molecule has 1 saturated heterocycles. The number of halogens is 1. The van der Waals surface area contributed by atoms with E-state index < -0.39 is 0 Å². The molecule has 0 spiro atoms. The Labute approximate surface area is 129 Å². The van der Waals surface area contributed by atoms with Crippen LogP contribution in [0.5, 0.6) is 0 Å². The second kappa shape index (κ2) is 6.20. The van der Waals surface area contributed by atoms with Gasteiger partial charge in [0.2, 0.25) is 0 Å². The van der Waals surface area contributed by atoms with Crippen LogP contribution in [0.2, 0.25) is 5.02 Å². The second-order valence-corrected chi connectivity index (χ2v) is 5.94. The summed E-state index contributed by atoms with van der Waals surface area (Å²) < 4.78 is 5.81. The van der Waals surface area contributed by atoms with Crippen molar-refractivity contribution in [3.05, 3.63) is 22.8 Å². The minimum Gasteiger partial charge on any atom is -0.374 e. The SMILES string of the molecule is CNc1ccc(Cl)c(C(=O)N2CCOC3CCCCC32)n1. The predicted octanol–water partition coefficient (Wildman–Crippen LogP) is 2.56. The summed E-state index contributed by atoms with van der Waals surface area (Å²) in [7, 11) is 1.77. The Balaban J connectivity index is 1.86. The number of aromatic nitrogens is 1. The summed E-state index contributed by atoms with van der Waals surface area (Å²) >= 11 is 6.17. The van der Waals surface area contributed by atoms with Crippen LogP contribution in [0.3, 0.4) is 0 Å². The molecule has 1 N–H and O–H groups in total. The van der Waals surface area contributed by atoms with Gasteiger partial charge in [0, 0.05) is 13.6 Å². The highest BCUT2D eigenvalue weighted by atomic mass is 35.5. The van der Waals surface area contributed by atoms with E-state index in [1.165, 1.54) is 6.42 Å². The van der Waals surface area contributed by atoms with Crippen molar-refractivity contribution < 1.29 is 9.53 Å². The van der Waals surface area contributed by atoms with Crippen LogP contribution in [0, 0.1) is 0 Å². The number of hydrogen-bond donors (Lipinski definition) is 1. The largest absolute Gasteiger partial charge is 0.374 e. The first kappa shape index (κ1) is 14.6. The van der Waals surface area contributed by atoms with Gasteiger partial charge in [-0.05, 0) is 25.0 Å². The smallest absolute Gasteiger partial charge is 0.274 e. The standard InChI is InChI=1S/C15H20ClN3O2/c1-17-13-7-6-10(16)14(18-13)15(20)19-8-9-21-12-5-3-2-4-11(12)19/h6-7,11-12H,2-5,8-9H2,1H3,(H,17,18). The topological polar surface area (TPSA) is 54.5 Å². The van der Waals surface area contributed by atoms with Gasteiger partial charge in [-0.15, -0.1) is 0 Å². The number of amides is 1. The summed E-state index contributed by atoms with van der Waals surface area (Å²) in [6, 6.07) is 3.64. The van der Waals surface area contributed by atoms with E-state index in [1.54, 1.807) is 19.2 Å². The van der Waals surface area contributed by atoms with E-state index in [0.29, 0.717) is 29.7 Å². The molecule has 1 aromatic rings. The van der Waals surface area contributed by atoms with Crippen molar-refractivity contribution in [2.75, 3.05) is 25.5 Å². The number of fused-ring (bicyclic) bond motifs is 1. The summed E-state index contributed by atoms with van der Waals surface area (Å²) in [4.78, 5) is 19.1. The number of carbonyl (C=O) groups excluding carboxylic acids is 1. The van der Waals surface area contributed by atoms with Crippen LogP contribution in [0.15, 0.2) is 12.1 Å². The van der Waals surface area contributed by atoms with E-state index in [0.717, 1.165) is 19.3 Å². The lowest BCUT2D eigenvalue weighted by atomic mass is 9.90. The lowest BCUT2D eigenvalue weighted by molar-refractivity contribution is -0.0754. The number of anilines is 1. The maximum absolute atomic E-state index is 12.8. The van der Waals surface area contributed by atoms with Crippen molar-refractivity contribution in [1.82, 2.24) is 9.88 Å². The van der Waals surface area contributed by atoms with Gasteiger partial charge in [0.1, 0.15) is 11.5 Å². The lowest BCUT2D eigenvalue weighted by Gasteiger charge is -2.43. The van der Waals surface area contributed by atoms with Crippen molar-refractivity contribution in [1.29, 1.82) is 0 Å². The van der Waals surface area contributed by atoms with Gasteiger partial charge >= 0.3 is 0 Å². The molecule has 21 heavy (non-hydrogen) atoms. The molecule has 0 bridgehead atoms. The van der Waals surface area contributed by atoms with Crippen molar-refractivity contribution >= 4 is 23.3 Å². The molecule has 114 valence electrons. The van der Waals surface area contributed by atoms with Gasteiger partial charge in [-0.25, -0.2) is 4.98 Å². The molecule has 3 rings (SSSR count). The van der Waals surface area contributed by atoms with Gasteiger partial charge in [0.15, 0.2) is 0 Å². The summed E-state index contributed by atoms with van der Waals surface area (Å²) in [5, 5.41) is 3.34. The third kappa shape index (κ3) is 2.85. The number of morpholine rings is 1. The number of nitrogens with zero attached hydrogens (tertiary/aromatic N) is 2. The van der Waals surface area contributed by atoms with Crippen LogP contribution >= 0.6 is 11.6 Å². The highest BCUT2D eigenvalue weighted by molar-refractivity contribution is 6.33. The van der Waals surface area contributed by atoms with E-state index >= 15 is 0 Å². The molecule has 6 heteroatoms. The maximum atomic E-state index is 12.8. The van der Waals surface area contributed by atoms with Crippen LogP contribution in [0.25, 0.3) is 0 Å². The molecule has 1 amide bonds. The molecular weight excluding hydrogens is 290 g/mol. The first-order valence-electron chi connectivity index (χ1n) is 7.47. The van der Waals surface area contributed by atoms with E-state index in [-0.39, 0.29) is 18.1 Å². The molecule has 1 aromatic heterocycles. The first-order chi connectivity index (χ1) is 10.2. The van der Waals surface area contributed by atoms with Crippen molar-refractivity contribution in [3.63, 3.8) is 0 Å². The number of pyridine rings is 1. The van der Waals surface area contributed by atoms with Gasteiger partial charge < -0.3 is 15.0 Å². The van der Waals surface area contributed by atoms with Crippen LogP contribution in [0.1, 0.15) is 36.2 Å². The van der Waals surface area contributed by atoms with Crippen LogP contribution < -0.4 is 5.32 Å². The zero-order valence-electron chi connectivity index (χ0n) is 12.1. The average molecular weight is 310 g/mol. The Kier molecular flexibility index (Phi) is 4.31. The Morgan fingerprint density at radius 2 is 2.24 bits per heavy atom. The minimum atomic E-state index is -0.0858. The quantitative estimate of drug-likeness (QED) is 0.912. The zero-order chi connectivity index (χ0) is 14.8. The highest BCUT2D eigenvalue weighted by Crippen LogP contribution is 2.30. The molecule has 1 saturated carbocycles. The van der Waals surface area contributed by atoms with Crippen molar-refractivity contribution in [3.8, 4) is 0 Å². The Bertz CT molecular complexity index is 536. The molecule has 2 fully saturated rings. The van der Waals surface area contributed by atoms with E-state index in [4.69, 9.17) is 16.3 Å². The van der Waals surface area contributed by atoms with E-state index in [1.807, 2.05) is 4.90 Å². The molecule has 1 aliphatic carbocycles. The molecule has 2 unspecified atom stereocenters. The highest BCUT2D eigenvalue weighted by Gasteiger charge is 2.37. The molecular formula is C15H20ClN3O2. The minimum absolute atomic E-state index is 0.0858.